The van der Waals surface area contributed by atoms with Crippen molar-refractivity contribution < 1.29 is 19.2 Å². The van der Waals surface area contributed by atoms with E-state index in [0.717, 1.165) is 4.58 Å². The van der Waals surface area contributed by atoms with Crippen molar-refractivity contribution in [1.82, 2.24) is 0 Å². The number of ether oxygens (including phenoxy) is 1. The molecule has 0 saturated heterocycles. The molecule has 110 valence electrons. The second-order valence-corrected chi connectivity index (χ2v) is 5.63. The van der Waals surface area contributed by atoms with E-state index >= 15 is 0 Å². The number of hydrogen-bond donors (Lipinski definition) is 1. The molecule has 0 bridgehead atoms. The first-order chi connectivity index (χ1) is 10.3. The van der Waals surface area contributed by atoms with Crippen molar-refractivity contribution in [2.75, 3.05) is 0 Å². The van der Waals surface area contributed by atoms with Crippen LogP contribution in [-0.4, -0.2) is 27.3 Å². The van der Waals surface area contributed by atoms with E-state index in [0.29, 0.717) is 11.3 Å². The minimum Gasteiger partial charge on any atom is -0.459 e. The van der Waals surface area contributed by atoms with Crippen molar-refractivity contribution in [2.24, 2.45) is 0 Å². The maximum absolute atomic E-state index is 12.3. The molecule has 2 rings (SSSR count). The number of fused-ring (bicyclic) bond motifs is 1. The molecule has 6 nitrogen and oxygen atoms in total. The average Bonchev–Trinajstić information content (AvgIpc) is 2.72. The van der Waals surface area contributed by atoms with Crippen LogP contribution in [0.3, 0.4) is 0 Å². The number of aliphatic hydroxyl groups is 1. The van der Waals surface area contributed by atoms with Crippen LogP contribution in [-0.2, 0) is 4.74 Å². The number of amides is 1. The lowest BCUT2D eigenvalue weighted by molar-refractivity contribution is -0.368. The summed E-state index contributed by atoms with van der Waals surface area (Å²) in [5, 5.41) is 28.5. The Morgan fingerprint density at radius 2 is 1.82 bits per heavy atom. The SMILES string of the molecule is CC(C)(C)OC(=O)[N+]1=C(O)C(=C(C#N)C#N)c2ccccc21. The van der Waals surface area contributed by atoms with Crippen LogP contribution in [0, 0.1) is 22.7 Å². The topological polar surface area (TPSA) is 97.1 Å². The fraction of sp³-hybridized carbons (Fsp3) is 0.250. The van der Waals surface area contributed by atoms with Crippen LogP contribution < -0.4 is 0 Å². The molecule has 1 amide bonds. The standard InChI is InChI=1S/C16H13N3O3/c1-16(2,3)22-15(21)19-12-7-5-4-6-11(12)13(14(19)20)10(8-17)9-18/h4-7H,1-3H3/p+1. The Labute approximate surface area is 127 Å². The third-order valence-electron chi connectivity index (χ3n) is 2.90. The summed E-state index contributed by atoms with van der Waals surface area (Å²) in [4.78, 5) is 12.3. The minimum absolute atomic E-state index is 0.0338. The number of carbonyl (C=O) groups is 1. The number of hydrogen-bond acceptors (Lipinski definition) is 4. The largest absolute Gasteiger partial charge is 0.606 e. The van der Waals surface area contributed by atoms with Gasteiger partial charge in [0.25, 0.3) is 0 Å². The van der Waals surface area contributed by atoms with Gasteiger partial charge in [-0.05, 0) is 31.4 Å². The summed E-state index contributed by atoms with van der Waals surface area (Å²) in [6.07, 6.45) is -0.775. The van der Waals surface area contributed by atoms with Crippen molar-refractivity contribution in [1.29, 1.82) is 10.5 Å². The van der Waals surface area contributed by atoms with Crippen LogP contribution in [0.2, 0.25) is 0 Å². The quantitative estimate of drug-likeness (QED) is 0.586. The van der Waals surface area contributed by atoms with Gasteiger partial charge in [-0.15, -0.1) is 0 Å². The summed E-state index contributed by atoms with van der Waals surface area (Å²) in [7, 11) is 0. The van der Waals surface area contributed by atoms with Crippen molar-refractivity contribution >= 4 is 23.3 Å². The zero-order chi connectivity index (χ0) is 16.5. The van der Waals surface area contributed by atoms with Gasteiger partial charge in [0.05, 0.1) is 5.56 Å². The van der Waals surface area contributed by atoms with Crippen LogP contribution in [0.25, 0.3) is 5.57 Å². The molecule has 0 atom stereocenters. The molecular weight excluding hydrogens is 282 g/mol. The van der Waals surface area contributed by atoms with Gasteiger partial charge in [-0.25, -0.2) is 0 Å². The van der Waals surface area contributed by atoms with Gasteiger partial charge in [0.2, 0.25) is 5.69 Å². The molecule has 1 N–H and O–H groups in total. The van der Waals surface area contributed by atoms with E-state index in [4.69, 9.17) is 15.3 Å². The fourth-order valence-electron chi connectivity index (χ4n) is 2.10. The van der Waals surface area contributed by atoms with Crippen LogP contribution in [0.15, 0.2) is 29.8 Å². The molecule has 0 fully saturated rings. The third kappa shape index (κ3) is 2.55. The number of allylic oxidation sites excluding steroid dienone is 1. The predicted octanol–water partition coefficient (Wildman–Crippen LogP) is 3.04. The first-order valence-electron chi connectivity index (χ1n) is 6.53. The molecule has 0 saturated carbocycles. The molecule has 1 aliphatic heterocycles. The molecule has 1 aliphatic rings. The highest BCUT2D eigenvalue weighted by atomic mass is 16.6. The molecule has 0 aromatic heterocycles. The lowest BCUT2D eigenvalue weighted by Gasteiger charge is -2.16. The number of carbonyl (C=O) groups excluding carboxylic acids is 1. The molecular formula is C16H14N3O3+. The summed E-state index contributed by atoms with van der Waals surface area (Å²) < 4.78 is 6.22. The molecule has 1 aromatic carbocycles. The Bertz CT molecular complexity index is 783. The van der Waals surface area contributed by atoms with E-state index in [-0.39, 0.29) is 11.1 Å². The first kappa shape index (κ1) is 15.3. The average molecular weight is 296 g/mol. The van der Waals surface area contributed by atoms with E-state index < -0.39 is 17.6 Å². The smallest absolute Gasteiger partial charge is 0.459 e. The highest BCUT2D eigenvalue weighted by molar-refractivity contribution is 6.23. The Kier molecular flexibility index (Phi) is 3.71. The maximum Gasteiger partial charge on any atom is 0.606 e. The lowest BCUT2D eigenvalue weighted by atomic mass is 10.0. The van der Waals surface area contributed by atoms with E-state index in [1.165, 1.54) is 0 Å². The summed E-state index contributed by atoms with van der Waals surface area (Å²) in [6.45, 7) is 5.12. The monoisotopic (exact) mass is 296 g/mol. The van der Waals surface area contributed by atoms with E-state index in [1.807, 2.05) is 0 Å². The number of nitriles is 2. The van der Waals surface area contributed by atoms with Gasteiger partial charge in [-0.2, -0.15) is 15.3 Å². The zero-order valence-corrected chi connectivity index (χ0v) is 12.4. The molecule has 0 spiro atoms. The second-order valence-electron chi connectivity index (χ2n) is 5.63. The van der Waals surface area contributed by atoms with Crippen LogP contribution in [0.4, 0.5) is 10.5 Å². The molecule has 0 unspecified atom stereocenters. The van der Waals surface area contributed by atoms with Crippen molar-refractivity contribution in [3.05, 3.63) is 35.4 Å². The fourth-order valence-corrected chi connectivity index (χ4v) is 2.10. The molecule has 1 heterocycles. The zero-order valence-electron chi connectivity index (χ0n) is 12.4. The van der Waals surface area contributed by atoms with Crippen molar-refractivity contribution in [3.8, 4) is 12.1 Å². The van der Waals surface area contributed by atoms with Gasteiger partial charge in [-0.1, -0.05) is 12.1 Å². The molecule has 0 aliphatic carbocycles. The van der Waals surface area contributed by atoms with Gasteiger partial charge >= 0.3 is 12.0 Å². The van der Waals surface area contributed by atoms with Crippen LogP contribution in [0.5, 0.6) is 0 Å². The van der Waals surface area contributed by atoms with Crippen molar-refractivity contribution in [2.45, 2.75) is 26.4 Å². The maximum atomic E-state index is 12.3. The van der Waals surface area contributed by atoms with Gasteiger partial charge < -0.3 is 9.84 Å². The van der Waals surface area contributed by atoms with Crippen LogP contribution in [0.1, 0.15) is 26.3 Å². The summed E-state index contributed by atoms with van der Waals surface area (Å²) in [5.74, 6) is -0.478. The Morgan fingerprint density at radius 1 is 1.23 bits per heavy atom. The number of para-hydroxylation sites is 1. The van der Waals surface area contributed by atoms with Gasteiger partial charge in [0, 0.05) is 6.07 Å². The molecule has 1 aromatic rings. The number of nitrogens with zero attached hydrogens (tertiary/aromatic N) is 3. The number of benzene rings is 1. The van der Waals surface area contributed by atoms with E-state index in [9.17, 15) is 9.90 Å². The van der Waals surface area contributed by atoms with E-state index in [2.05, 4.69) is 0 Å². The Morgan fingerprint density at radius 3 is 2.36 bits per heavy atom. The Hall–Kier alpha value is -3.12. The normalized spacial score (nSPS) is 13.2. The third-order valence-corrected chi connectivity index (χ3v) is 2.90. The number of rotatable bonds is 0. The second kappa shape index (κ2) is 5.34. The van der Waals surface area contributed by atoms with Gasteiger partial charge in [0.1, 0.15) is 28.9 Å². The summed E-state index contributed by atoms with van der Waals surface area (Å²) in [5.41, 5.74) is -0.176. The van der Waals surface area contributed by atoms with Gasteiger partial charge in [0.15, 0.2) is 0 Å². The predicted molar refractivity (Wildman–Crippen MR) is 78.4 cm³/mol. The van der Waals surface area contributed by atoms with Crippen molar-refractivity contribution in [3.63, 3.8) is 0 Å². The molecule has 22 heavy (non-hydrogen) atoms. The van der Waals surface area contributed by atoms with Crippen LogP contribution >= 0.6 is 0 Å². The lowest BCUT2D eigenvalue weighted by Crippen LogP contribution is -2.30. The van der Waals surface area contributed by atoms with E-state index in [1.54, 1.807) is 57.2 Å². The van der Waals surface area contributed by atoms with Gasteiger partial charge in [-0.3, -0.25) is 0 Å². The Balaban J connectivity index is 2.69. The first-order valence-corrected chi connectivity index (χ1v) is 6.53. The number of aliphatic hydroxyl groups excluding tert-OH is 1. The highest BCUT2D eigenvalue weighted by Crippen LogP contribution is 2.36. The summed E-state index contributed by atoms with van der Waals surface area (Å²) >= 11 is 0. The molecule has 0 radical (unpaired) electrons. The molecule has 6 heteroatoms. The minimum atomic E-state index is -0.775. The highest BCUT2D eigenvalue weighted by Gasteiger charge is 2.44. The summed E-state index contributed by atoms with van der Waals surface area (Å²) in [6, 6.07) is 10.1.